The monoisotopic (exact) mass is 304 g/mol. The van der Waals surface area contributed by atoms with E-state index in [-0.39, 0.29) is 12.5 Å². The number of halogens is 1. The summed E-state index contributed by atoms with van der Waals surface area (Å²) in [5, 5.41) is 3.11. The average molecular weight is 304 g/mol. The van der Waals surface area contributed by atoms with E-state index in [2.05, 4.69) is 10.3 Å². The topological polar surface area (TPSA) is 68.3 Å². The molecule has 22 heavy (non-hydrogen) atoms. The van der Waals surface area contributed by atoms with Crippen LogP contribution in [-0.2, 0) is 9.53 Å². The lowest BCUT2D eigenvalue weighted by molar-refractivity contribution is -0.119. The summed E-state index contributed by atoms with van der Waals surface area (Å²) < 4.78 is 18.6. The maximum absolute atomic E-state index is 13.3. The molecule has 0 bridgehead atoms. The zero-order valence-electron chi connectivity index (χ0n) is 12.6. The quantitative estimate of drug-likeness (QED) is 0.881. The highest BCUT2D eigenvalue weighted by molar-refractivity contribution is 6.03. The van der Waals surface area contributed by atoms with E-state index in [9.17, 15) is 14.0 Å². The first-order valence-corrected chi connectivity index (χ1v) is 6.89. The number of esters is 1. The summed E-state index contributed by atoms with van der Waals surface area (Å²) in [6.07, 6.45) is -0.472. The number of aryl methyl sites for hydroxylation is 1. The van der Waals surface area contributed by atoms with E-state index in [1.165, 1.54) is 25.1 Å². The van der Waals surface area contributed by atoms with Crippen LogP contribution >= 0.6 is 0 Å². The van der Waals surface area contributed by atoms with Crippen molar-refractivity contribution in [2.75, 3.05) is 6.54 Å². The number of aromatic nitrogens is 1. The van der Waals surface area contributed by atoms with Crippen molar-refractivity contribution in [1.82, 2.24) is 10.3 Å². The maximum atomic E-state index is 13.3. The lowest BCUT2D eigenvalue weighted by atomic mass is 10.1. The summed E-state index contributed by atoms with van der Waals surface area (Å²) in [5.74, 6) is -1.13. The van der Waals surface area contributed by atoms with E-state index >= 15 is 0 Å². The SMILES string of the molecule is CC(=O)NC[C@H](C)OC(=O)c1cc(C)nc2cc(F)ccc12. The highest BCUT2D eigenvalue weighted by Crippen LogP contribution is 2.20. The Morgan fingerprint density at radius 3 is 2.77 bits per heavy atom. The number of rotatable bonds is 4. The van der Waals surface area contributed by atoms with Gasteiger partial charge in [0.2, 0.25) is 5.91 Å². The average Bonchev–Trinajstić information content (AvgIpc) is 2.43. The van der Waals surface area contributed by atoms with Gasteiger partial charge in [0.1, 0.15) is 11.9 Å². The Balaban J connectivity index is 2.26. The van der Waals surface area contributed by atoms with Crippen LogP contribution in [0.4, 0.5) is 4.39 Å². The summed E-state index contributed by atoms with van der Waals surface area (Å²) in [6.45, 7) is 5.03. The van der Waals surface area contributed by atoms with Gasteiger partial charge in [0.05, 0.1) is 17.6 Å². The van der Waals surface area contributed by atoms with E-state index in [1.807, 2.05) is 0 Å². The zero-order chi connectivity index (χ0) is 16.3. The maximum Gasteiger partial charge on any atom is 0.339 e. The number of pyridine rings is 1. The van der Waals surface area contributed by atoms with Gasteiger partial charge in [-0.15, -0.1) is 0 Å². The molecule has 1 aromatic carbocycles. The Hall–Kier alpha value is -2.50. The van der Waals surface area contributed by atoms with Gasteiger partial charge in [-0.2, -0.15) is 0 Å². The first-order chi connectivity index (χ1) is 10.4. The van der Waals surface area contributed by atoms with Gasteiger partial charge in [-0.05, 0) is 32.0 Å². The van der Waals surface area contributed by atoms with Crippen LogP contribution in [0.2, 0.25) is 0 Å². The van der Waals surface area contributed by atoms with Crippen molar-refractivity contribution in [2.24, 2.45) is 0 Å². The fraction of sp³-hybridized carbons (Fsp3) is 0.312. The van der Waals surface area contributed by atoms with Crippen LogP contribution in [0.5, 0.6) is 0 Å². The zero-order valence-corrected chi connectivity index (χ0v) is 12.6. The molecule has 0 unspecified atom stereocenters. The van der Waals surface area contributed by atoms with Crippen LogP contribution in [0.1, 0.15) is 29.9 Å². The third kappa shape index (κ3) is 3.78. The van der Waals surface area contributed by atoms with E-state index in [4.69, 9.17) is 4.74 Å². The van der Waals surface area contributed by atoms with Crippen molar-refractivity contribution < 1.29 is 18.7 Å². The van der Waals surface area contributed by atoms with Crippen LogP contribution in [0.25, 0.3) is 10.9 Å². The van der Waals surface area contributed by atoms with Crippen LogP contribution in [-0.4, -0.2) is 29.5 Å². The Kier molecular flexibility index (Phi) is 4.70. The van der Waals surface area contributed by atoms with Gasteiger partial charge in [-0.3, -0.25) is 9.78 Å². The number of nitrogens with one attached hydrogen (secondary N) is 1. The molecule has 1 aromatic heterocycles. The Bertz CT molecular complexity index is 725. The van der Waals surface area contributed by atoms with Crippen molar-refractivity contribution >= 4 is 22.8 Å². The number of carbonyl (C=O) groups is 2. The van der Waals surface area contributed by atoms with Crippen LogP contribution in [0.15, 0.2) is 24.3 Å². The molecule has 116 valence electrons. The fourth-order valence-electron chi connectivity index (χ4n) is 2.08. The third-order valence-electron chi connectivity index (χ3n) is 3.07. The minimum atomic E-state index is -0.528. The molecule has 0 aliphatic carbocycles. The molecule has 6 heteroatoms. The molecule has 0 aliphatic heterocycles. The minimum Gasteiger partial charge on any atom is -0.457 e. The number of fused-ring (bicyclic) bond motifs is 1. The predicted octanol–water partition coefficient (Wildman–Crippen LogP) is 2.36. The van der Waals surface area contributed by atoms with Gasteiger partial charge in [0.25, 0.3) is 0 Å². The number of hydrogen-bond donors (Lipinski definition) is 1. The Morgan fingerprint density at radius 1 is 1.36 bits per heavy atom. The van der Waals surface area contributed by atoms with E-state index < -0.39 is 17.9 Å². The smallest absolute Gasteiger partial charge is 0.339 e. The second-order valence-electron chi connectivity index (χ2n) is 5.13. The van der Waals surface area contributed by atoms with Crippen LogP contribution in [0.3, 0.4) is 0 Å². The normalized spacial score (nSPS) is 12.0. The molecule has 1 amide bonds. The van der Waals surface area contributed by atoms with Crippen molar-refractivity contribution in [2.45, 2.75) is 26.9 Å². The molecule has 1 atom stereocenters. The van der Waals surface area contributed by atoms with Crippen molar-refractivity contribution in [1.29, 1.82) is 0 Å². The van der Waals surface area contributed by atoms with Gasteiger partial charge >= 0.3 is 5.97 Å². The first kappa shape index (κ1) is 15.9. The number of ether oxygens (including phenoxy) is 1. The molecule has 1 heterocycles. The molecule has 1 N–H and O–H groups in total. The van der Waals surface area contributed by atoms with Crippen LogP contribution < -0.4 is 5.32 Å². The summed E-state index contributed by atoms with van der Waals surface area (Å²) in [4.78, 5) is 27.4. The first-order valence-electron chi connectivity index (χ1n) is 6.89. The predicted molar refractivity (Wildman–Crippen MR) is 80.0 cm³/mol. The molecule has 0 saturated carbocycles. The van der Waals surface area contributed by atoms with Gasteiger partial charge in [0, 0.05) is 24.1 Å². The lowest BCUT2D eigenvalue weighted by Gasteiger charge is -2.14. The molecule has 0 radical (unpaired) electrons. The molecule has 0 spiro atoms. The number of benzene rings is 1. The number of carbonyl (C=O) groups excluding carboxylic acids is 2. The summed E-state index contributed by atoms with van der Waals surface area (Å²) in [6, 6.07) is 5.66. The fourth-order valence-corrected chi connectivity index (χ4v) is 2.08. The van der Waals surface area contributed by atoms with E-state index in [1.54, 1.807) is 19.9 Å². The van der Waals surface area contributed by atoms with Crippen LogP contribution in [0, 0.1) is 12.7 Å². The summed E-state index contributed by atoms with van der Waals surface area (Å²) in [7, 11) is 0. The molecule has 5 nitrogen and oxygen atoms in total. The van der Waals surface area contributed by atoms with Crippen molar-refractivity contribution in [3.8, 4) is 0 Å². The number of hydrogen-bond acceptors (Lipinski definition) is 4. The second-order valence-corrected chi connectivity index (χ2v) is 5.13. The standard InChI is InChI=1S/C16H17FN2O3/c1-9-6-14(13-5-4-12(17)7-15(13)19-9)16(21)22-10(2)8-18-11(3)20/h4-7,10H,8H2,1-3H3,(H,18,20)/t10-/m0/s1. The van der Waals surface area contributed by atoms with Crippen molar-refractivity contribution in [3.05, 3.63) is 41.3 Å². The molecule has 0 aliphatic rings. The van der Waals surface area contributed by atoms with Gasteiger partial charge in [-0.25, -0.2) is 9.18 Å². The number of amides is 1. The molecule has 0 fully saturated rings. The highest BCUT2D eigenvalue weighted by Gasteiger charge is 2.16. The molecular weight excluding hydrogens is 287 g/mol. The van der Waals surface area contributed by atoms with E-state index in [0.29, 0.717) is 22.2 Å². The van der Waals surface area contributed by atoms with E-state index in [0.717, 1.165) is 0 Å². The second kappa shape index (κ2) is 6.51. The van der Waals surface area contributed by atoms with Gasteiger partial charge < -0.3 is 10.1 Å². The van der Waals surface area contributed by atoms with Gasteiger partial charge in [-0.1, -0.05) is 0 Å². The summed E-state index contributed by atoms with van der Waals surface area (Å²) >= 11 is 0. The Labute approximate surface area is 127 Å². The highest BCUT2D eigenvalue weighted by atomic mass is 19.1. The van der Waals surface area contributed by atoms with Crippen molar-refractivity contribution in [3.63, 3.8) is 0 Å². The Morgan fingerprint density at radius 2 is 2.09 bits per heavy atom. The molecule has 2 aromatic rings. The van der Waals surface area contributed by atoms with Gasteiger partial charge in [0.15, 0.2) is 0 Å². The molecular formula is C16H17FN2O3. The minimum absolute atomic E-state index is 0.191. The lowest BCUT2D eigenvalue weighted by Crippen LogP contribution is -2.31. The summed E-state index contributed by atoms with van der Waals surface area (Å²) in [5.41, 5.74) is 1.33. The molecule has 2 rings (SSSR count). The number of nitrogens with zero attached hydrogens (tertiary/aromatic N) is 1. The third-order valence-corrected chi connectivity index (χ3v) is 3.07. The largest absolute Gasteiger partial charge is 0.457 e. The molecule has 0 saturated heterocycles.